The van der Waals surface area contributed by atoms with E-state index in [1.54, 1.807) is 0 Å². The number of fused-ring (bicyclic) bond motifs is 1. The molecule has 0 saturated heterocycles. The fourth-order valence-electron chi connectivity index (χ4n) is 2.11. The summed E-state index contributed by atoms with van der Waals surface area (Å²) in [5, 5.41) is 0.693. The number of halogens is 2. The SMILES string of the molecule is Cc1ccc2[nH]c(=S)n(-c3ccc(Cl)cc3Br)c2c1. The second kappa shape index (κ2) is 4.78. The third-order valence-corrected chi connectivity index (χ3v) is 4.14. The number of hydrogen-bond donors (Lipinski definition) is 1. The topological polar surface area (TPSA) is 20.7 Å². The second-order valence-electron chi connectivity index (χ2n) is 4.38. The lowest BCUT2D eigenvalue weighted by Crippen LogP contribution is -1.95. The predicted molar refractivity (Wildman–Crippen MR) is 85.9 cm³/mol. The van der Waals surface area contributed by atoms with E-state index in [0.717, 1.165) is 21.2 Å². The Morgan fingerprint density at radius 2 is 2.00 bits per heavy atom. The Kier molecular flexibility index (Phi) is 3.25. The molecule has 5 heteroatoms. The zero-order valence-electron chi connectivity index (χ0n) is 10.1. The third kappa shape index (κ3) is 2.24. The van der Waals surface area contributed by atoms with Crippen LogP contribution < -0.4 is 0 Å². The minimum atomic E-state index is 0.670. The van der Waals surface area contributed by atoms with Crippen molar-refractivity contribution in [1.29, 1.82) is 0 Å². The number of aromatic amines is 1. The molecule has 2 aromatic carbocycles. The van der Waals surface area contributed by atoms with Crippen molar-refractivity contribution in [2.24, 2.45) is 0 Å². The number of nitrogens with zero attached hydrogens (tertiary/aromatic N) is 1. The number of aromatic nitrogens is 2. The zero-order chi connectivity index (χ0) is 13.6. The molecular weight excluding hydrogens is 344 g/mol. The van der Waals surface area contributed by atoms with Crippen LogP contribution in [0.4, 0.5) is 0 Å². The van der Waals surface area contributed by atoms with Crippen molar-refractivity contribution in [2.75, 3.05) is 0 Å². The summed E-state index contributed by atoms with van der Waals surface area (Å²) >= 11 is 15.0. The van der Waals surface area contributed by atoms with Crippen LogP contribution in [0.1, 0.15) is 5.56 Å². The van der Waals surface area contributed by atoms with E-state index in [0.29, 0.717) is 9.79 Å². The third-order valence-electron chi connectivity index (χ3n) is 2.99. The first-order valence-corrected chi connectivity index (χ1v) is 7.31. The molecule has 0 aliphatic carbocycles. The van der Waals surface area contributed by atoms with Crippen molar-refractivity contribution < 1.29 is 0 Å². The van der Waals surface area contributed by atoms with Gasteiger partial charge in [0.05, 0.1) is 16.7 Å². The van der Waals surface area contributed by atoms with Gasteiger partial charge in [0, 0.05) is 9.50 Å². The highest BCUT2D eigenvalue weighted by Crippen LogP contribution is 2.28. The average Bonchev–Trinajstić information content (AvgIpc) is 2.65. The molecule has 0 amide bonds. The normalized spacial score (nSPS) is 11.1. The number of H-pyrrole nitrogens is 1. The van der Waals surface area contributed by atoms with Crippen LogP contribution in [0.5, 0.6) is 0 Å². The van der Waals surface area contributed by atoms with Crippen LogP contribution in [0.15, 0.2) is 40.9 Å². The minimum absolute atomic E-state index is 0.670. The van der Waals surface area contributed by atoms with Gasteiger partial charge < -0.3 is 4.98 Å². The number of aryl methyl sites for hydroxylation is 1. The van der Waals surface area contributed by atoms with E-state index >= 15 is 0 Å². The molecule has 1 aromatic heterocycles. The molecule has 2 nitrogen and oxygen atoms in total. The van der Waals surface area contributed by atoms with Gasteiger partial charge in [-0.2, -0.15) is 0 Å². The predicted octanol–water partition coefficient (Wildman–Crippen LogP) is 5.41. The first kappa shape index (κ1) is 12.9. The van der Waals surface area contributed by atoms with Gasteiger partial charge in [0.1, 0.15) is 0 Å². The summed E-state index contributed by atoms with van der Waals surface area (Å²) < 4.78 is 3.60. The van der Waals surface area contributed by atoms with Crippen molar-refractivity contribution in [3.63, 3.8) is 0 Å². The molecule has 0 aliphatic rings. The maximum Gasteiger partial charge on any atom is 0.182 e. The molecule has 0 fully saturated rings. The van der Waals surface area contributed by atoms with E-state index in [9.17, 15) is 0 Å². The summed E-state index contributed by atoms with van der Waals surface area (Å²) in [4.78, 5) is 3.22. The number of hydrogen-bond acceptors (Lipinski definition) is 1. The van der Waals surface area contributed by atoms with Gasteiger partial charge in [-0.3, -0.25) is 4.57 Å². The molecule has 3 rings (SSSR count). The van der Waals surface area contributed by atoms with E-state index in [2.05, 4.69) is 40.0 Å². The smallest absolute Gasteiger partial charge is 0.182 e. The van der Waals surface area contributed by atoms with Crippen LogP contribution in [0.3, 0.4) is 0 Å². The molecule has 0 spiro atoms. The first-order chi connectivity index (χ1) is 9.06. The van der Waals surface area contributed by atoms with E-state index in [-0.39, 0.29) is 0 Å². The quantitative estimate of drug-likeness (QED) is 0.580. The monoisotopic (exact) mass is 352 g/mol. The molecule has 19 heavy (non-hydrogen) atoms. The highest BCUT2D eigenvalue weighted by molar-refractivity contribution is 9.10. The standard InChI is InChI=1S/C14H10BrClN2S/c1-8-2-4-11-13(6-8)18(14(19)17-11)12-5-3-9(16)7-10(12)15/h2-7H,1H3,(H,17,19). The van der Waals surface area contributed by atoms with Gasteiger partial charge in [0.15, 0.2) is 4.77 Å². The Balaban J connectivity index is 2.38. The van der Waals surface area contributed by atoms with Crippen molar-refractivity contribution in [2.45, 2.75) is 6.92 Å². The van der Waals surface area contributed by atoms with Crippen LogP contribution >= 0.6 is 39.7 Å². The van der Waals surface area contributed by atoms with Gasteiger partial charge in [0.2, 0.25) is 0 Å². The summed E-state index contributed by atoms with van der Waals surface area (Å²) in [5.41, 5.74) is 4.26. The van der Waals surface area contributed by atoms with E-state index in [1.165, 1.54) is 5.56 Å². The Hall–Kier alpha value is -1.10. The van der Waals surface area contributed by atoms with Gasteiger partial charge >= 0.3 is 0 Å². The Labute approximate surface area is 129 Å². The molecule has 0 saturated carbocycles. The van der Waals surface area contributed by atoms with Gasteiger partial charge in [-0.05, 0) is 71.0 Å². The number of nitrogens with one attached hydrogen (secondary N) is 1. The lowest BCUT2D eigenvalue weighted by Gasteiger charge is -2.08. The molecular formula is C14H10BrClN2S. The molecule has 1 N–H and O–H groups in total. The maximum absolute atomic E-state index is 5.99. The molecule has 0 radical (unpaired) electrons. The Bertz CT molecular complexity index is 835. The lowest BCUT2D eigenvalue weighted by atomic mass is 10.2. The average molecular weight is 354 g/mol. The molecule has 96 valence electrons. The highest BCUT2D eigenvalue weighted by atomic mass is 79.9. The molecule has 0 aliphatic heterocycles. The summed E-state index contributed by atoms with van der Waals surface area (Å²) in [5.74, 6) is 0. The van der Waals surface area contributed by atoms with Crippen molar-refractivity contribution in [3.8, 4) is 5.69 Å². The summed E-state index contributed by atoms with van der Waals surface area (Å²) in [6, 6.07) is 11.9. The molecule has 1 heterocycles. The van der Waals surface area contributed by atoms with Gasteiger partial charge in [0.25, 0.3) is 0 Å². The van der Waals surface area contributed by atoms with Gasteiger partial charge in [-0.25, -0.2) is 0 Å². The Morgan fingerprint density at radius 1 is 1.21 bits per heavy atom. The number of benzene rings is 2. The summed E-state index contributed by atoms with van der Waals surface area (Å²) in [7, 11) is 0. The molecule has 0 bridgehead atoms. The highest BCUT2D eigenvalue weighted by Gasteiger charge is 2.09. The molecule has 0 atom stereocenters. The minimum Gasteiger partial charge on any atom is -0.330 e. The Morgan fingerprint density at radius 3 is 2.74 bits per heavy atom. The van der Waals surface area contributed by atoms with E-state index in [4.69, 9.17) is 23.8 Å². The van der Waals surface area contributed by atoms with Crippen molar-refractivity contribution in [3.05, 3.63) is 56.2 Å². The lowest BCUT2D eigenvalue weighted by molar-refractivity contribution is 1.06. The van der Waals surface area contributed by atoms with E-state index < -0.39 is 0 Å². The fraction of sp³-hybridized carbons (Fsp3) is 0.0714. The second-order valence-corrected chi connectivity index (χ2v) is 6.06. The largest absolute Gasteiger partial charge is 0.330 e. The number of imidazole rings is 1. The van der Waals surface area contributed by atoms with Gasteiger partial charge in [-0.1, -0.05) is 17.7 Å². The van der Waals surface area contributed by atoms with Crippen LogP contribution in [0.25, 0.3) is 16.7 Å². The first-order valence-electron chi connectivity index (χ1n) is 5.73. The van der Waals surface area contributed by atoms with Gasteiger partial charge in [-0.15, -0.1) is 0 Å². The van der Waals surface area contributed by atoms with E-state index in [1.807, 2.05) is 28.8 Å². The maximum atomic E-state index is 5.99. The summed E-state index contributed by atoms with van der Waals surface area (Å²) in [6.45, 7) is 2.07. The molecule has 3 aromatic rings. The fourth-order valence-corrected chi connectivity index (χ4v) is 3.28. The molecule has 0 unspecified atom stereocenters. The van der Waals surface area contributed by atoms with Crippen molar-refractivity contribution >= 4 is 50.8 Å². The zero-order valence-corrected chi connectivity index (χ0v) is 13.2. The summed E-state index contributed by atoms with van der Waals surface area (Å²) in [6.07, 6.45) is 0. The number of rotatable bonds is 1. The van der Waals surface area contributed by atoms with Crippen LogP contribution in [-0.4, -0.2) is 9.55 Å². The van der Waals surface area contributed by atoms with Crippen LogP contribution in [-0.2, 0) is 0 Å². The van der Waals surface area contributed by atoms with Crippen molar-refractivity contribution in [1.82, 2.24) is 9.55 Å². The van der Waals surface area contributed by atoms with Crippen LogP contribution in [0, 0.1) is 11.7 Å². The van der Waals surface area contributed by atoms with Crippen LogP contribution in [0.2, 0.25) is 5.02 Å².